The molecule has 0 aliphatic heterocycles. The van der Waals surface area contributed by atoms with Gasteiger partial charge in [0.2, 0.25) is 0 Å². The molecular formula is C7H10ClN3OS. The molecule has 72 valence electrons. The molecule has 1 aromatic rings. The van der Waals surface area contributed by atoms with Crippen LogP contribution in [0.25, 0.3) is 0 Å². The summed E-state index contributed by atoms with van der Waals surface area (Å²) in [4.78, 5) is 8.82. The summed E-state index contributed by atoms with van der Waals surface area (Å²) >= 11 is 7.02. The molecule has 0 unspecified atom stereocenters. The summed E-state index contributed by atoms with van der Waals surface area (Å²) in [6, 6.07) is 0.201. The van der Waals surface area contributed by atoms with Gasteiger partial charge in [0.25, 0.3) is 6.02 Å². The van der Waals surface area contributed by atoms with Crippen molar-refractivity contribution in [2.24, 2.45) is 10.7 Å². The first-order valence-corrected chi connectivity index (χ1v) is 4.94. The van der Waals surface area contributed by atoms with Gasteiger partial charge in [0.05, 0.1) is 13.2 Å². The second-order valence-corrected chi connectivity index (χ2v) is 3.86. The first kappa shape index (κ1) is 10.3. The lowest BCUT2D eigenvalue weighted by atomic mass is 10.6. The van der Waals surface area contributed by atoms with Crippen LogP contribution in [-0.4, -0.2) is 17.6 Å². The van der Waals surface area contributed by atoms with E-state index in [1.165, 1.54) is 11.3 Å². The van der Waals surface area contributed by atoms with Crippen molar-refractivity contribution in [3.8, 4) is 0 Å². The molecule has 0 aromatic carbocycles. The van der Waals surface area contributed by atoms with Crippen LogP contribution in [0, 0.1) is 0 Å². The summed E-state index contributed by atoms with van der Waals surface area (Å²) < 4.78 is 5.46. The van der Waals surface area contributed by atoms with Gasteiger partial charge in [-0.05, 0) is 6.92 Å². The number of hydrogen-bond acceptors (Lipinski definition) is 4. The number of nitrogens with zero attached hydrogens (tertiary/aromatic N) is 2. The first-order chi connectivity index (χ1) is 6.22. The lowest BCUT2D eigenvalue weighted by Crippen LogP contribution is -2.15. The van der Waals surface area contributed by atoms with Crippen molar-refractivity contribution in [2.45, 2.75) is 13.5 Å². The normalized spacial score (nSPS) is 11.7. The third-order valence-electron chi connectivity index (χ3n) is 1.21. The number of hydrogen-bond donors (Lipinski definition) is 1. The van der Waals surface area contributed by atoms with Crippen molar-refractivity contribution in [1.29, 1.82) is 0 Å². The summed E-state index contributed by atoms with van der Waals surface area (Å²) in [5.74, 6) is 0. The maximum Gasteiger partial charge on any atom is 0.282 e. The Kier molecular flexibility index (Phi) is 3.98. The zero-order valence-electron chi connectivity index (χ0n) is 7.16. The number of aromatic nitrogens is 1. The van der Waals surface area contributed by atoms with Gasteiger partial charge in [-0.2, -0.15) is 0 Å². The third kappa shape index (κ3) is 3.61. The zero-order valence-corrected chi connectivity index (χ0v) is 8.73. The maximum absolute atomic E-state index is 5.63. The van der Waals surface area contributed by atoms with Crippen LogP contribution in [0.2, 0.25) is 4.47 Å². The lowest BCUT2D eigenvalue weighted by Gasteiger charge is -1.98. The minimum Gasteiger partial charge on any atom is -0.466 e. The van der Waals surface area contributed by atoms with Crippen molar-refractivity contribution >= 4 is 29.0 Å². The van der Waals surface area contributed by atoms with E-state index in [0.717, 1.165) is 4.88 Å². The Balaban J connectivity index is 2.46. The number of ether oxygens (including phenoxy) is 1. The summed E-state index contributed by atoms with van der Waals surface area (Å²) in [5.41, 5.74) is 5.42. The molecule has 0 atom stereocenters. The van der Waals surface area contributed by atoms with E-state index in [1.54, 1.807) is 6.20 Å². The van der Waals surface area contributed by atoms with Gasteiger partial charge in [-0.25, -0.2) is 9.98 Å². The molecule has 0 radical (unpaired) electrons. The molecule has 4 nitrogen and oxygen atoms in total. The molecule has 2 N–H and O–H groups in total. The first-order valence-electron chi connectivity index (χ1n) is 3.75. The predicted octanol–water partition coefficient (Wildman–Crippen LogP) is 1.65. The van der Waals surface area contributed by atoms with Crippen LogP contribution in [0.5, 0.6) is 0 Å². The highest BCUT2D eigenvalue weighted by Gasteiger charge is 1.98. The summed E-state index contributed by atoms with van der Waals surface area (Å²) in [6.07, 6.45) is 1.68. The van der Waals surface area contributed by atoms with E-state index in [4.69, 9.17) is 22.1 Å². The Morgan fingerprint density at radius 3 is 3.15 bits per heavy atom. The molecule has 1 rings (SSSR count). The number of rotatable bonds is 3. The van der Waals surface area contributed by atoms with Crippen molar-refractivity contribution in [2.75, 3.05) is 6.61 Å². The van der Waals surface area contributed by atoms with Crippen LogP contribution in [0.1, 0.15) is 11.8 Å². The van der Waals surface area contributed by atoms with Crippen LogP contribution < -0.4 is 5.73 Å². The van der Waals surface area contributed by atoms with Gasteiger partial charge in [0, 0.05) is 11.1 Å². The highest BCUT2D eigenvalue weighted by atomic mass is 35.5. The maximum atomic E-state index is 5.63. The van der Waals surface area contributed by atoms with Crippen molar-refractivity contribution in [3.05, 3.63) is 15.5 Å². The van der Waals surface area contributed by atoms with Gasteiger partial charge < -0.3 is 10.5 Å². The fraction of sp³-hybridized carbons (Fsp3) is 0.429. The molecular weight excluding hydrogens is 210 g/mol. The summed E-state index contributed by atoms with van der Waals surface area (Å²) in [5, 5.41) is 0. The molecule has 6 heteroatoms. The summed E-state index contributed by atoms with van der Waals surface area (Å²) in [7, 11) is 0. The Hall–Kier alpha value is -0.810. The fourth-order valence-electron chi connectivity index (χ4n) is 0.706. The molecule has 13 heavy (non-hydrogen) atoms. The molecule has 1 heterocycles. The fourth-order valence-corrected chi connectivity index (χ4v) is 1.61. The van der Waals surface area contributed by atoms with Crippen molar-refractivity contribution in [1.82, 2.24) is 4.98 Å². The average Bonchev–Trinajstić information content (AvgIpc) is 2.49. The van der Waals surface area contributed by atoms with Crippen molar-refractivity contribution in [3.63, 3.8) is 0 Å². The van der Waals surface area contributed by atoms with E-state index >= 15 is 0 Å². The van der Waals surface area contributed by atoms with Crippen LogP contribution in [0.3, 0.4) is 0 Å². The van der Waals surface area contributed by atoms with E-state index in [1.807, 2.05) is 6.92 Å². The molecule has 0 spiro atoms. The van der Waals surface area contributed by atoms with Crippen LogP contribution in [0.4, 0.5) is 0 Å². The number of thiazole rings is 1. The monoisotopic (exact) mass is 219 g/mol. The van der Waals surface area contributed by atoms with E-state index in [0.29, 0.717) is 17.6 Å². The SMILES string of the molecule is CCOC(N)=NCc1cnc(Cl)s1. The highest BCUT2D eigenvalue weighted by Crippen LogP contribution is 2.18. The molecule has 0 aliphatic carbocycles. The van der Waals surface area contributed by atoms with Crippen LogP contribution in [-0.2, 0) is 11.3 Å². The Morgan fingerprint density at radius 1 is 1.85 bits per heavy atom. The number of nitrogens with two attached hydrogens (primary N) is 1. The van der Waals surface area contributed by atoms with Gasteiger partial charge in [0.1, 0.15) is 0 Å². The molecule has 0 fully saturated rings. The number of aliphatic imine (C=N–C) groups is 1. The average molecular weight is 220 g/mol. The quantitative estimate of drug-likeness (QED) is 0.621. The van der Waals surface area contributed by atoms with E-state index < -0.39 is 0 Å². The van der Waals surface area contributed by atoms with Gasteiger partial charge in [0.15, 0.2) is 4.47 Å². The number of halogens is 1. The molecule has 0 amide bonds. The zero-order chi connectivity index (χ0) is 9.68. The summed E-state index contributed by atoms with van der Waals surface area (Å²) in [6.45, 7) is 2.85. The van der Waals surface area contributed by atoms with Gasteiger partial charge in [-0.1, -0.05) is 11.6 Å². The third-order valence-corrected chi connectivity index (χ3v) is 2.31. The molecule has 0 aliphatic rings. The Labute approximate surface area is 85.4 Å². The van der Waals surface area contributed by atoms with Gasteiger partial charge in [-0.3, -0.25) is 0 Å². The lowest BCUT2D eigenvalue weighted by molar-refractivity contribution is 0.320. The number of amidine groups is 1. The predicted molar refractivity (Wildman–Crippen MR) is 54.1 cm³/mol. The second-order valence-electron chi connectivity index (χ2n) is 2.17. The van der Waals surface area contributed by atoms with Gasteiger partial charge in [-0.15, -0.1) is 11.3 Å². The van der Waals surface area contributed by atoms with Crippen LogP contribution >= 0.6 is 22.9 Å². The van der Waals surface area contributed by atoms with E-state index in [9.17, 15) is 0 Å². The highest BCUT2D eigenvalue weighted by molar-refractivity contribution is 7.15. The minimum absolute atomic E-state index is 0.201. The van der Waals surface area contributed by atoms with Crippen molar-refractivity contribution < 1.29 is 4.74 Å². The molecule has 0 saturated carbocycles. The Bertz CT molecular complexity index is 300. The molecule has 1 aromatic heterocycles. The van der Waals surface area contributed by atoms with E-state index in [2.05, 4.69) is 9.98 Å². The topological polar surface area (TPSA) is 60.5 Å². The second kappa shape index (κ2) is 5.04. The minimum atomic E-state index is 0.201. The van der Waals surface area contributed by atoms with Crippen LogP contribution in [0.15, 0.2) is 11.2 Å². The molecule has 0 bridgehead atoms. The Morgan fingerprint density at radius 2 is 2.62 bits per heavy atom. The molecule has 0 saturated heterocycles. The van der Waals surface area contributed by atoms with Gasteiger partial charge >= 0.3 is 0 Å². The van der Waals surface area contributed by atoms with E-state index in [-0.39, 0.29) is 6.02 Å². The largest absolute Gasteiger partial charge is 0.466 e. The smallest absolute Gasteiger partial charge is 0.282 e. The standard InChI is InChI=1S/C7H10ClN3OS/c1-2-12-7(9)11-4-5-3-10-6(8)13-5/h3H,2,4H2,1H3,(H2,9,11).